The highest BCUT2D eigenvalue weighted by molar-refractivity contribution is 5.57. The molecule has 3 N–H and O–H groups in total. The maximum Gasteiger partial charge on any atom is 0.0417 e. The average Bonchev–Trinajstić information content (AvgIpc) is 2.67. The Morgan fingerprint density at radius 2 is 2.19 bits per heavy atom. The lowest BCUT2D eigenvalue weighted by molar-refractivity contribution is 0.602. The van der Waals surface area contributed by atoms with Gasteiger partial charge in [0.2, 0.25) is 0 Å². The summed E-state index contributed by atoms with van der Waals surface area (Å²) in [7, 11) is 0. The van der Waals surface area contributed by atoms with Crippen LogP contribution in [0.25, 0.3) is 0 Å². The highest BCUT2D eigenvalue weighted by atomic mass is 14.9. The minimum absolute atomic E-state index is 0.617. The van der Waals surface area contributed by atoms with E-state index in [0.29, 0.717) is 12.6 Å². The third-order valence-corrected chi connectivity index (χ3v) is 3.62. The van der Waals surface area contributed by atoms with Gasteiger partial charge in [-0.25, -0.2) is 0 Å². The Balaban J connectivity index is 2.14. The van der Waals surface area contributed by atoms with Crippen molar-refractivity contribution in [2.24, 2.45) is 11.7 Å². The standard InChI is InChI=1S/C14H22N2/c1-10-6-7-13(8-10)16-14-11(2)4-3-5-12(14)9-15/h3-5,10,13,16H,6-9,15H2,1-2H3. The van der Waals surface area contributed by atoms with Gasteiger partial charge in [-0.05, 0) is 43.2 Å². The maximum atomic E-state index is 5.78. The van der Waals surface area contributed by atoms with Crippen molar-refractivity contribution >= 4 is 5.69 Å². The van der Waals surface area contributed by atoms with Crippen molar-refractivity contribution in [2.75, 3.05) is 5.32 Å². The summed E-state index contributed by atoms with van der Waals surface area (Å²) in [6.07, 6.45) is 3.93. The number of nitrogens with one attached hydrogen (secondary N) is 1. The Labute approximate surface area is 98.2 Å². The minimum Gasteiger partial charge on any atom is -0.382 e. The Kier molecular flexibility index (Phi) is 3.49. The van der Waals surface area contributed by atoms with Gasteiger partial charge in [0.25, 0.3) is 0 Å². The quantitative estimate of drug-likeness (QED) is 0.818. The highest BCUT2D eigenvalue weighted by Gasteiger charge is 2.21. The molecule has 0 aromatic heterocycles. The molecule has 2 nitrogen and oxygen atoms in total. The van der Waals surface area contributed by atoms with E-state index in [9.17, 15) is 0 Å². The summed E-state index contributed by atoms with van der Waals surface area (Å²) in [6, 6.07) is 6.99. The van der Waals surface area contributed by atoms with E-state index in [2.05, 4.69) is 37.4 Å². The van der Waals surface area contributed by atoms with Crippen molar-refractivity contribution in [1.29, 1.82) is 0 Å². The topological polar surface area (TPSA) is 38.0 Å². The summed E-state index contributed by atoms with van der Waals surface area (Å²) in [6.45, 7) is 5.11. The summed E-state index contributed by atoms with van der Waals surface area (Å²) in [5.74, 6) is 0.864. The molecule has 1 fully saturated rings. The molecule has 1 aromatic rings. The minimum atomic E-state index is 0.617. The van der Waals surface area contributed by atoms with Gasteiger partial charge < -0.3 is 11.1 Å². The molecule has 1 aliphatic rings. The Bertz CT molecular complexity index is 360. The Morgan fingerprint density at radius 1 is 1.38 bits per heavy atom. The molecule has 0 spiro atoms. The van der Waals surface area contributed by atoms with Gasteiger partial charge in [-0.15, -0.1) is 0 Å². The van der Waals surface area contributed by atoms with E-state index in [-0.39, 0.29) is 0 Å². The molecule has 1 aliphatic carbocycles. The highest BCUT2D eigenvalue weighted by Crippen LogP contribution is 2.29. The first-order chi connectivity index (χ1) is 7.70. The zero-order chi connectivity index (χ0) is 11.5. The molecule has 2 atom stereocenters. The van der Waals surface area contributed by atoms with Crippen molar-refractivity contribution in [2.45, 2.75) is 45.7 Å². The smallest absolute Gasteiger partial charge is 0.0417 e. The Morgan fingerprint density at radius 3 is 2.81 bits per heavy atom. The second kappa shape index (κ2) is 4.88. The van der Waals surface area contributed by atoms with Gasteiger partial charge in [0.15, 0.2) is 0 Å². The van der Waals surface area contributed by atoms with Gasteiger partial charge >= 0.3 is 0 Å². The molecule has 0 amide bonds. The van der Waals surface area contributed by atoms with Crippen LogP contribution < -0.4 is 11.1 Å². The van der Waals surface area contributed by atoms with E-state index in [4.69, 9.17) is 5.73 Å². The van der Waals surface area contributed by atoms with E-state index >= 15 is 0 Å². The maximum absolute atomic E-state index is 5.78. The van der Waals surface area contributed by atoms with E-state index in [0.717, 1.165) is 5.92 Å². The molecule has 2 heteroatoms. The van der Waals surface area contributed by atoms with Crippen LogP contribution in [-0.4, -0.2) is 6.04 Å². The average molecular weight is 218 g/mol. The first-order valence-corrected chi connectivity index (χ1v) is 6.25. The number of anilines is 1. The predicted molar refractivity (Wildman–Crippen MR) is 69.5 cm³/mol. The first-order valence-electron chi connectivity index (χ1n) is 6.25. The molecule has 1 aromatic carbocycles. The SMILES string of the molecule is Cc1cccc(CN)c1NC1CCC(C)C1. The fourth-order valence-corrected chi connectivity index (χ4v) is 2.65. The fourth-order valence-electron chi connectivity index (χ4n) is 2.65. The van der Waals surface area contributed by atoms with Crippen LogP contribution in [0.5, 0.6) is 0 Å². The van der Waals surface area contributed by atoms with E-state index < -0.39 is 0 Å². The van der Waals surface area contributed by atoms with Gasteiger partial charge in [0.05, 0.1) is 0 Å². The molecule has 0 radical (unpaired) electrons. The molecule has 0 bridgehead atoms. The molecule has 2 unspecified atom stereocenters. The van der Waals surface area contributed by atoms with Gasteiger partial charge in [0, 0.05) is 18.3 Å². The molecule has 0 aliphatic heterocycles. The van der Waals surface area contributed by atoms with Crippen molar-refractivity contribution < 1.29 is 0 Å². The van der Waals surface area contributed by atoms with Crippen LogP contribution in [0.4, 0.5) is 5.69 Å². The van der Waals surface area contributed by atoms with Crippen LogP contribution in [0.15, 0.2) is 18.2 Å². The van der Waals surface area contributed by atoms with Crippen LogP contribution in [0.3, 0.4) is 0 Å². The largest absolute Gasteiger partial charge is 0.382 e. The zero-order valence-electron chi connectivity index (χ0n) is 10.3. The molecule has 88 valence electrons. The van der Waals surface area contributed by atoms with E-state index in [1.165, 1.54) is 36.1 Å². The molecule has 0 heterocycles. The lowest BCUT2D eigenvalue weighted by Crippen LogP contribution is -2.18. The van der Waals surface area contributed by atoms with E-state index in [1.807, 2.05) is 0 Å². The summed E-state index contributed by atoms with van der Waals surface area (Å²) in [5.41, 5.74) is 9.59. The number of nitrogens with two attached hydrogens (primary N) is 1. The predicted octanol–water partition coefficient (Wildman–Crippen LogP) is 3.05. The number of rotatable bonds is 3. The molecule has 1 saturated carbocycles. The first kappa shape index (κ1) is 11.5. The zero-order valence-corrected chi connectivity index (χ0v) is 10.3. The lowest BCUT2D eigenvalue weighted by Gasteiger charge is -2.19. The summed E-state index contributed by atoms with van der Waals surface area (Å²) < 4.78 is 0. The van der Waals surface area contributed by atoms with Gasteiger partial charge in [-0.3, -0.25) is 0 Å². The van der Waals surface area contributed by atoms with Crippen molar-refractivity contribution in [1.82, 2.24) is 0 Å². The van der Waals surface area contributed by atoms with E-state index in [1.54, 1.807) is 0 Å². The number of hydrogen-bond acceptors (Lipinski definition) is 2. The molecule has 0 saturated heterocycles. The fraction of sp³-hybridized carbons (Fsp3) is 0.571. The van der Waals surface area contributed by atoms with Gasteiger partial charge in [0.1, 0.15) is 0 Å². The second-order valence-electron chi connectivity index (χ2n) is 5.07. The molecular formula is C14H22N2. The van der Waals surface area contributed by atoms with Crippen molar-refractivity contribution in [3.8, 4) is 0 Å². The Hall–Kier alpha value is -1.02. The van der Waals surface area contributed by atoms with Crippen LogP contribution in [0.1, 0.15) is 37.3 Å². The van der Waals surface area contributed by atoms with Gasteiger partial charge in [-0.2, -0.15) is 0 Å². The number of hydrogen-bond donors (Lipinski definition) is 2. The summed E-state index contributed by atoms with van der Waals surface area (Å²) in [5, 5.41) is 3.68. The van der Waals surface area contributed by atoms with Crippen LogP contribution in [-0.2, 0) is 6.54 Å². The number of benzene rings is 1. The summed E-state index contributed by atoms with van der Waals surface area (Å²) >= 11 is 0. The lowest BCUT2D eigenvalue weighted by atomic mass is 10.1. The van der Waals surface area contributed by atoms with Crippen molar-refractivity contribution in [3.05, 3.63) is 29.3 Å². The second-order valence-corrected chi connectivity index (χ2v) is 5.07. The van der Waals surface area contributed by atoms with Gasteiger partial charge in [-0.1, -0.05) is 25.1 Å². The third-order valence-electron chi connectivity index (χ3n) is 3.62. The molecular weight excluding hydrogens is 196 g/mol. The van der Waals surface area contributed by atoms with Crippen LogP contribution in [0.2, 0.25) is 0 Å². The third kappa shape index (κ3) is 2.38. The van der Waals surface area contributed by atoms with Crippen molar-refractivity contribution in [3.63, 3.8) is 0 Å². The van der Waals surface area contributed by atoms with Crippen LogP contribution >= 0.6 is 0 Å². The van der Waals surface area contributed by atoms with Crippen LogP contribution in [0, 0.1) is 12.8 Å². The molecule has 2 rings (SSSR count). The number of para-hydroxylation sites is 1. The number of aryl methyl sites for hydroxylation is 1. The molecule has 16 heavy (non-hydrogen) atoms. The summed E-state index contributed by atoms with van der Waals surface area (Å²) in [4.78, 5) is 0. The monoisotopic (exact) mass is 218 g/mol. The normalized spacial score (nSPS) is 24.7.